The number of fused-ring (bicyclic) bond motifs is 5. The van der Waals surface area contributed by atoms with E-state index < -0.39 is 12.2 Å². The highest BCUT2D eigenvalue weighted by atomic mass is 16.6. The van der Waals surface area contributed by atoms with Crippen molar-refractivity contribution in [1.29, 1.82) is 0 Å². The molecule has 2 bridgehead atoms. The van der Waals surface area contributed by atoms with Crippen LogP contribution in [0.2, 0.25) is 0 Å². The maximum Gasteiger partial charge on any atom is 0.429 e. The molecule has 144 valence electrons. The van der Waals surface area contributed by atoms with Crippen molar-refractivity contribution in [2.75, 3.05) is 13.2 Å². The van der Waals surface area contributed by atoms with E-state index in [0.29, 0.717) is 12.2 Å². The molecule has 3 aliphatic rings. The maximum atomic E-state index is 12.5. The third kappa shape index (κ3) is 2.81. The van der Waals surface area contributed by atoms with Gasteiger partial charge in [-0.2, -0.15) is 0 Å². The molecule has 1 heterocycles. The summed E-state index contributed by atoms with van der Waals surface area (Å²) in [4.78, 5) is 36.4. The van der Waals surface area contributed by atoms with Crippen molar-refractivity contribution in [3.05, 3.63) is 11.3 Å². The Morgan fingerprint density at radius 2 is 1.35 bits per heavy atom. The molecule has 2 aliphatic carbocycles. The van der Waals surface area contributed by atoms with Gasteiger partial charge in [0.2, 0.25) is 0 Å². The van der Waals surface area contributed by atoms with Gasteiger partial charge in [0, 0.05) is 12.8 Å². The van der Waals surface area contributed by atoms with Crippen LogP contribution in [0.15, 0.2) is 11.3 Å². The number of rotatable bonds is 4. The third-order valence-corrected chi connectivity index (χ3v) is 5.32. The van der Waals surface area contributed by atoms with E-state index in [1.165, 1.54) is 16.9 Å². The lowest BCUT2D eigenvalue weighted by Crippen LogP contribution is -2.54. The van der Waals surface area contributed by atoms with Crippen LogP contribution >= 0.6 is 0 Å². The number of hydrazine groups is 1. The number of hydrogen-bond donors (Lipinski definition) is 0. The second kappa shape index (κ2) is 6.81. The molecule has 1 aliphatic heterocycles. The van der Waals surface area contributed by atoms with Crippen molar-refractivity contribution in [1.82, 2.24) is 10.0 Å². The van der Waals surface area contributed by atoms with E-state index in [0.717, 1.165) is 5.57 Å². The quantitative estimate of drug-likeness (QED) is 0.432. The van der Waals surface area contributed by atoms with E-state index in [1.54, 1.807) is 13.8 Å². The second-order valence-corrected chi connectivity index (χ2v) is 7.10. The first kappa shape index (κ1) is 18.5. The Morgan fingerprint density at radius 1 is 0.885 bits per heavy atom. The molecule has 0 aromatic rings. The summed E-state index contributed by atoms with van der Waals surface area (Å²) < 4.78 is 15.8. The van der Waals surface area contributed by atoms with Crippen molar-refractivity contribution in [2.45, 2.75) is 53.1 Å². The lowest BCUT2D eigenvalue weighted by molar-refractivity contribution is -0.137. The summed E-state index contributed by atoms with van der Waals surface area (Å²) in [6, 6.07) is -0.299. The molecule has 2 amide bonds. The summed E-state index contributed by atoms with van der Waals surface area (Å²) in [5.74, 6) is 0.669. The number of nitrogens with zero attached hydrogens (tertiary/aromatic N) is 2. The van der Waals surface area contributed by atoms with Crippen molar-refractivity contribution < 1.29 is 28.6 Å². The van der Waals surface area contributed by atoms with E-state index in [9.17, 15) is 14.4 Å². The highest BCUT2D eigenvalue weighted by Crippen LogP contribution is 2.67. The lowest BCUT2D eigenvalue weighted by Gasteiger charge is -2.35. The highest BCUT2D eigenvalue weighted by Gasteiger charge is 2.74. The molecule has 26 heavy (non-hydrogen) atoms. The van der Waals surface area contributed by atoms with Gasteiger partial charge < -0.3 is 14.2 Å². The van der Waals surface area contributed by atoms with Gasteiger partial charge in [-0.25, -0.2) is 19.6 Å². The molecule has 4 unspecified atom stereocenters. The first-order chi connectivity index (χ1) is 12.3. The van der Waals surface area contributed by atoms with Crippen molar-refractivity contribution in [2.24, 2.45) is 17.8 Å². The van der Waals surface area contributed by atoms with E-state index in [2.05, 4.69) is 0 Å². The van der Waals surface area contributed by atoms with Gasteiger partial charge in [-0.05, 0) is 51.5 Å². The molecule has 0 aromatic carbocycles. The zero-order valence-corrected chi connectivity index (χ0v) is 15.9. The van der Waals surface area contributed by atoms with Gasteiger partial charge in [0.25, 0.3) is 0 Å². The zero-order valence-electron chi connectivity index (χ0n) is 15.9. The van der Waals surface area contributed by atoms with Crippen LogP contribution in [0, 0.1) is 17.8 Å². The van der Waals surface area contributed by atoms with Crippen molar-refractivity contribution in [3.8, 4) is 0 Å². The lowest BCUT2D eigenvalue weighted by atomic mass is 10.0. The molecule has 0 N–H and O–H groups in total. The first-order valence-corrected chi connectivity index (χ1v) is 9.11. The smallest absolute Gasteiger partial charge is 0.429 e. The molecule has 8 nitrogen and oxygen atoms in total. The van der Waals surface area contributed by atoms with Crippen LogP contribution in [0.3, 0.4) is 0 Å². The predicted octanol–water partition coefficient (Wildman–Crippen LogP) is 2.69. The number of hydrogen-bond acceptors (Lipinski definition) is 6. The van der Waals surface area contributed by atoms with E-state index in [4.69, 9.17) is 14.2 Å². The summed E-state index contributed by atoms with van der Waals surface area (Å²) in [6.45, 7) is 9.10. The van der Waals surface area contributed by atoms with Gasteiger partial charge in [-0.3, -0.25) is 4.79 Å². The number of esters is 1. The normalized spacial score (nSPS) is 30.6. The number of carbonyl (C=O) groups is 3. The average molecular weight is 366 g/mol. The van der Waals surface area contributed by atoms with Crippen LogP contribution in [0.25, 0.3) is 0 Å². The number of amides is 2. The minimum Gasteiger partial charge on any atom is -0.448 e. The Kier molecular flexibility index (Phi) is 4.86. The third-order valence-electron chi connectivity index (χ3n) is 5.32. The Balaban J connectivity index is 1.88. The Morgan fingerprint density at radius 3 is 1.69 bits per heavy atom. The van der Waals surface area contributed by atoms with Gasteiger partial charge in [0.15, 0.2) is 0 Å². The van der Waals surface area contributed by atoms with Crippen LogP contribution < -0.4 is 0 Å². The standard InChI is InChI=1S/C18H26N2O6/c1-6-24-17(22)19-11-8-12(20(19)18(23)25-7-2)14-13(11)15(14)16(9(3)4)26-10(5)21/h11-15H,6-8H2,1-5H3. The van der Waals surface area contributed by atoms with Crippen LogP contribution in [0.4, 0.5) is 9.59 Å². The van der Waals surface area contributed by atoms with Gasteiger partial charge >= 0.3 is 18.2 Å². The van der Waals surface area contributed by atoms with E-state index in [-0.39, 0.29) is 49.0 Å². The second-order valence-electron chi connectivity index (χ2n) is 7.10. The SMILES string of the molecule is CCOC(=O)N1C2CC(C3C(C(OC(C)=O)=C(C)C)C32)N1C(=O)OCC. The fraction of sp³-hybridized carbons (Fsp3) is 0.722. The summed E-state index contributed by atoms with van der Waals surface area (Å²) in [6.07, 6.45) is -0.383. The van der Waals surface area contributed by atoms with Gasteiger partial charge in [-0.1, -0.05) is 0 Å². The summed E-state index contributed by atoms with van der Waals surface area (Å²) in [5.41, 5.74) is 0.935. The van der Waals surface area contributed by atoms with E-state index in [1.807, 2.05) is 13.8 Å². The molecule has 8 heteroatoms. The molecule has 0 radical (unpaired) electrons. The largest absolute Gasteiger partial charge is 0.448 e. The van der Waals surface area contributed by atoms with Crippen LogP contribution in [0.1, 0.15) is 41.0 Å². The molecule has 3 rings (SSSR count). The summed E-state index contributed by atoms with van der Waals surface area (Å²) in [7, 11) is 0. The molecule has 2 saturated carbocycles. The van der Waals surface area contributed by atoms with Crippen LogP contribution in [-0.2, 0) is 19.0 Å². The molecule has 0 aromatic heterocycles. The average Bonchev–Trinajstić information content (AvgIpc) is 3.01. The monoisotopic (exact) mass is 366 g/mol. The van der Waals surface area contributed by atoms with Gasteiger partial charge in [0.05, 0.1) is 25.3 Å². The Labute approximate surface area is 153 Å². The minimum absolute atomic E-state index is 0.0315. The fourth-order valence-corrected chi connectivity index (χ4v) is 4.59. The van der Waals surface area contributed by atoms with E-state index >= 15 is 0 Å². The first-order valence-electron chi connectivity index (χ1n) is 9.11. The highest BCUT2D eigenvalue weighted by molar-refractivity contribution is 5.77. The van der Waals surface area contributed by atoms with Crippen LogP contribution in [-0.4, -0.2) is 53.5 Å². The molecule has 1 saturated heterocycles. The van der Waals surface area contributed by atoms with Crippen LogP contribution in [0.5, 0.6) is 0 Å². The van der Waals surface area contributed by atoms with Gasteiger partial charge in [-0.15, -0.1) is 0 Å². The molecular formula is C18H26N2O6. The predicted molar refractivity (Wildman–Crippen MR) is 90.5 cm³/mol. The summed E-state index contributed by atoms with van der Waals surface area (Å²) >= 11 is 0. The molecule has 4 atom stereocenters. The van der Waals surface area contributed by atoms with Crippen molar-refractivity contribution >= 4 is 18.2 Å². The topological polar surface area (TPSA) is 85.4 Å². The van der Waals surface area contributed by atoms with Crippen molar-refractivity contribution in [3.63, 3.8) is 0 Å². The molecule has 0 spiro atoms. The number of ether oxygens (including phenoxy) is 3. The minimum atomic E-state index is -0.539. The number of allylic oxidation sites excluding steroid dienone is 2. The van der Waals surface area contributed by atoms with Gasteiger partial charge in [0.1, 0.15) is 5.76 Å². The summed E-state index contributed by atoms with van der Waals surface area (Å²) in [5, 5.41) is 2.81. The Bertz CT molecular complexity index is 620. The molecule has 3 fully saturated rings. The Hall–Kier alpha value is -2.25. The number of carbonyl (C=O) groups excluding carboxylic acids is 3. The maximum absolute atomic E-state index is 12.5. The fourth-order valence-electron chi connectivity index (χ4n) is 4.59. The molecular weight excluding hydrogens is 340 g/mol. The zero-order chi connectivity index (χ0) is 19.2.